The summed E-state index contributed by atoms with van der Waals surface area (Å²) in [6, 6.07) is 5.70. The number of carbonyl (C=O) groups is 1. The normalized spacial score (nSPS) is 21.2. The second kappa shape index (κ2) is 9.76. The maximum absolute atomic E-state index is 12.8. The van der Waals surface area contributed by atoms with Crippen LogP contribution in [0.2, 0.25) is 0 Å². The van der Waals surface area contributed by atoms with Crippen molar-refractivity contribution in [3.63, 3.8) is 0 Å². The zero-order chi connectivity index (χ0) is 20.1. The van der Waals surface area contributed by atoms with E-state index in [2.05, 4.69) is 13.8 Å². The number of hydrogen-bond acceptors (Lipinski definition) is 6. The van der Waals surface area contributed by atoms with Crippen molar-refractivity contribution in [2.75, 3.05) is 26.9 Å². The molecule has 3 rings (SSSR count). The first-order valence-electron chi connectivity index (χ1n) is 9.65. The summed E-state index contributed by atoms with van der Waals surface area (Å²) in [4.78, 5) is 15.1. The fourth-order valence-corrected chi connectivity index (χ4v) is 4.37. The molecule has 0 radical (unpaired) electrons. The Balaban J connectivity index is 1.70. The molecule has 1 amide bonds. The van der Waals surface area contributed by atoms with E-state index < -0.39 is 0 Å². The van der Waals surface area contributed by atoms with Crippen LogP contribution in [0.1, 0.15) is 38.7 Å². The Morgan fingerprint density at radius 2 is 2.21 bits per heavy atom. The Kier molecular flexibility index (Phi) is 7.37. The summed E-state index contributed by atoms with van der Waals surface area (Å²) in [5.41, 5.74) is 0.880. The smallest absolute Gasteiger partial charge is 0.266 e. The van der Waals surface area contributed by atoms with E-state index in [-0.39, 0.29) is 12.0 Å². The topological polar surface area (TPSA) is 48.0 Å². The molecule has 1 unspecified atom stereocenters. The molecule has 152 valence electrons. The Hall–Kier alpha value is -1.57. The standard InChI is InChI=1S/C21H27NO4S2/c1-14(2)8-10-26-17-7-6-15(11-18(17)24-3)12-19-20(23)22(21(27)28-19)13-16-5-4-9-25-16/h6-7,11-12,14,16H,4-5,8-10,13H2,1-3H3. The number of hydrogen-bond donors (Lipinski definition) is 0. The van der Waals surface area contributed by atoms with Gasteiger partial charge in [0.05, 0.1) is 31.3 Å². The SMILES string of the molecule is COc1cc(C=C2SC(=S)N(CC3CCCO3)C2=O)ccc1OCCC(C)C. The molecule has 1 aromatic carbocycles. The summed E-state index contributed by atoms with van der Waals surface area (Å²) >= 11 is 6.75. The lowest BCUT2D eigenvalue weighted by molar-refractivity contribution is -0.123. The fourth-order valence-electron chi connectivity index (χ4n) is 3.10. The molecule has 0 spiro atoms. The van der Waals surface area contributed by atoms with Crippen molar-refractivity contribution < 1.29 is 19.0 Å². The van der Waals surface area contributed by atoms with Gasteiger partial charge in [-0.15, -0.1) is 0 Å². The van der Waals surface area contributed by atoms with E-state index >= 15 is 0 Å². The highest BCUT2D eigenvalue weighted by molar-refractivity contribution is 8.26. The summed E-state index contributed by atoms with van der Waals surface area (Å²) in [7, 11) is 1.62. The third kappa shape index (κ3) is 5.27. The zero-order valence-corrected chi connectivity index (χ0v) is 18.2. The monoisotopic (exact) mass is 421 g/mol. The molecule has 2 aliphatic rings. The molecule has 2 fully saturated rings. The molecule has 0 aliphatic carbocycles. The van der Waals surface area contributed by atoms with Crippen LogP contribution in [0.5, 0.6) is 11.5 Å². The van der Waals surface area contributed by atoms with Crippen molar-refractivity contribution in [1.82, 2.24) is 4.90 Å². The van der Waals surface area contributed by atoms with E-state index in [9.17, 15) is 4.79 Å². The number of carbonyl (C=O) groups excluding carboxylic acids is 1. The molecule has 0 saturated carbocycles. The van der Waals surface area contributed by atoms with E-state index in [1.165, 1.54) is 11.8 Å². The van der Waals surface area contributed by atoms with Crippen LogP contribution in [0, 0.1) is 5.92 Å². The van der Waals surface area contributed by atoms with Gasteiger partial charge < -0.3 is 14.2 Å². The van der Waals surface area contributed by atoms with Crippen LogP contribution >= 0.6 is 24.0 Å². The molecule has 0 aromatic heterocycles. The van der Waals surface area contributed by atoms with Gasteiger partial charge in [-0.1, -0.05) is 43.9 Å². The Morgan fingerprint density at radius 3 is 2.89 bits per heavy atom. The number of thiocarbonyl (C=S) groups is 1. The number of amides is 1. The van der Waals surface area contributed by atoms with Gasteiger partial charge in [0.2, 0.25) is 0 Å². The first-order valence-corrected chi connectivity index (χ1v) is 10.9. The Bertz CT molecular complexity index is 757. The predicted molar refractivity (Wildman–Crippen MR) is 117 cm³/mol. The van der Waals surface area contributed by atoms with Crippen molar-refractivity contribution in [3.05, 3.63) is 28.7 Å². The summed E-state index contributed by atoms with van der Waals surface area (Å²) < 4.78 is 17.5. The lowest BCUT2D eigenvalue weighted by atomic mass is 10.1. The predicted octanol–water partition coefficient (Wildman–Crippen LogP) is 4.50. The molecule has 7 heteroatoms. The van der Waals surface area contributed by atoms with Crippen LogP contribution in [0.4, 0.5) is 0 Å². The van der Waals surface area contributed by atoms with Gasteiger partial charge in [-0.3, -0.25) is 9.69 Å². The van der Waals surface area contributed by atoms with Crippen LogP contribution in [0.15, 0.2) is 23.1 Å². The van der Waals surface area contributed by atoms with Crippen molar-refractivity contribution in [2.45, 2.75) is 39.2 Å². The van der Waals surface area contributed by atoms with Gasteiger partial charge in [-0.05, 0) is 49.0 Å². The number of ether oxygens (including phenoxy) is 3. The molecular formula is C21H27NO4S2. The van der Waals surface area contributed by atoms with Crippen LogP contribution in [-0.4, -0.2) is 48.1 Å². The van der Waals surface area contributed by atoms with E-state index in [1.807, 2.05) is 24.3 Å². The van der Waals surface area contributed by atoms with E-state index in [1.54, 1.807) is 12.0 Å². The highest BCUT2D eigenvalue weighted by atomic mass is 32.2. The third-order valence-corrected chi connectivity index (χ3v) is 6.10. The van der Waals surface area contributed by atoms with Crippen LogP contribution in [0.3, 0.4) is 0 Å². The minimum Gasteiger partial charge on any atom is -0.493 e. The lowest BCUT2D eigenvalue weighted by Crippen LogP contribution is -2.35. The molecule has 2 saturated heterocycles. The molecule has 1 atom stereocenters. The number of thioether (sulfide) groups is 1. The van der Waals surface area contributed by atoms with E-state index in [0.717, 1.165) is 31.4 Å². The van der Waals surface area contributed by atoms with Gasteiger partial charge in [0.25, 0.3) is 5.91 Å². The highest BCUT2D eigenvalue weighted by Crippen LogP contribution is 2.35. The fraction of sp³-hybridized carbons (Fsp3) is 0.524. The molecule has 0 N–H and O–H groups in total. The zero-order valence-electron chi connectivity index (χ0n) is 16.6. The average molecular weight is 422 g/mol. The molecule has 1 aromatic rings. The van der Waals surface area contributed by atoms with Crippen molar-refractivity contribution >= 4 is 40.3 Å². The van der Waals surface area contributed by atoms with Crippen molar-refractivity contribution in [1.29, 1.82) is 0 Å². The summed E-state index contributed by atoms with van der Waals surface area (Å²) in [6.07, 6.45) is 4.95. The van der Waals surface area contributed by atoms with E-state index in [4.69, 9.17) is 26.4 Å². The minimum atomic E-state index is -0.0540. The quantitative estimate of drug-likeness (QED) is 0.455. The molecule has 5 nitrogen and oxygen atoms in total. The van der Waals surface area contributed by atoms with Crippen LogP contribution in [0.25, 0.3) is 6.08 Å². The van der Waals surface area contributed by atoms with Crippen molar-refractivity contribution in [2.24, 2.45) is 5.92 Å². The highest BCUT2D eigenvalue weighted by Gasteiger charge is 2.34. The van der Waals surface area contributed by atoms with Crippen LogP contribution in [-0.2, 0) is 9.53 Å². The minimum absolute atomic E-state index is 0.0540. The van der Waals surface area contributed by atoms with Gasteiger partial charge in [0.15, 0.2) is 11.5 Å². The number of rotatable bonds is 8. The van der Waals surface area contributed by atoms with Gasteiger partial charge in [-0.25, -0.2) is 0 Å². The summed E-state index contributed by atoms with van der Waals surface area (Å²) in [5.74, 6) is 1.90. The van der Waals surface area contributed by atoms with Gasteiger partial charge in [0, 0.05) is 6.61 Å². The van der Waals surface area contributed by atoms with E-state index in [0.29, 0.717) is 39.8 Å². The summed E-state index contributed by atoms with van der Waals surface area (Å²) in [5, 5.41) is 0. The first kappa shape index (κ1) is 21.1. The maximum Gasteiger partial charge on any atom is 0.266 e. The molecule has 0 bridgehead atoms. The second-order valence-corrected chi connectivity index (χ2v) is 9.04. The van der Waals surface area contributed by atoms with Gasteiger partial charge >= 0.3 is 0 Å². The van der Waals surface area contributed by atoms with Gasteiger partial charge in [0.1, 0.15) is 4.32 Å². The lowest BCUT2D eigenvalue weighted by Gasteiger charge is -2.18. The van der Waals surface area contributed by atoms with Crippen LogP contribution < -0.4 is 9.47 Å². The Morgan fingerprint density at radius 1 is 1.39 bits per heavy atom. The number of methoxy groups -OCH3 is 1. The first-order chi connectivity index (χ1) is 13.5. The molecule has 2 heterocycles. The maximum atomic E-state index is 12.8. The van der Waals surface area contributed by atoms with Gasteiger partial charge in [-0.2, -0.15) is 0 Å². The Labute approximate surface area is 176 Å². The molecule has 2 aliphatic heterocycles. The number of nitrogens with zero attached hydrogens (tertiary/aromatic N) is 1. The largest absolute Gasteiger partial charge is 0.493 e. The second-order valence-electron chi connectivity index (χ2n) is 7.37. The molecular weight excluding hydrogens is 394 g/mol. The van der Waals surface area contributed by atoms with Crippen molar-refractivity contribution in [3.8, 4) is 11.5 Å². The molecule has 28 heavy (non-hydrogen) atoms. The third-order valence-electron chi connectivity index (χ3n) is 4.72. The number of benzene rings is 1. The average Bonchev–Trinajstić information content (AvgIpc) is 3.27. The summed E-state index contributed by atoms with van der Waals surface area (Å²) in [6.45, 7) is 6.28.